The Balaban J connectivity index is 2.06. The summed E-state index contributed by atoms with van der Waals surface area (Å²) in [5.74, 6) is 0. The van der Waals surface area contributed by atoms with Gasteiger partial charge in [-0.25, -0.2) is 0 Å². The van der Waals surface area contributed by atoms with Gasteiger partial charge in [-0.1, -0.05) is 41.1 Å². The van der Waals surface area contributed by atoms with Gasteiger partial charge in [0.25, 0.3) is 0 Å². The number of hydrogen-bond donors (Lipinski definition) is 1. The fraction of sp³-hybridized carbons (Fsp3) is 0.538. The lowest BCUT2D eigenvalue weighted by molar-refractivity contribution is 0.570. The van der Waals surface area contributed by atoms with Gasteiger partial charge in [0.2, 0.25) is 0 Å². The van der Waals surface area contributed by atoms with Crippen molar-refractivity contribution in [3.05, 3.63) is 34.3 Å². The first-order valence-corrected chi connectivity index (χ1v) is 6.53. The highest BCUT2D eigenvalue weighted by atomic mass is 79.9. The molecule has 0 amide bonds. The molecule has 0 bridgehead atoms. The van der Waals surface area contributed by atoms with Crippen LogP contribution in [0.1, 0.15) is 31.7 Å². The van der Waals surface area contributed by atoms with E-state index in [-0.39, 0.29) is 0 Å². The molecule has 1 aliphatic carbocycles. The Morgan fingerprint density at radius 1 is 1.33 bits per heavy atom. The molecular formula is C13H18BrN. The van der Waals surface area contributed by atoms with E-state index in [4.69, 9.17) is 0 Å². The minimum atomic E-state index is 0.426. The first-order chi connectivity index (χ1) is 7.28. The van der Waals surface area contributed by atoms with Gasteiger partial charge in [-0.05, 0) is 37.4 Å². The molecule has 0 spiro atoms. The summed E-state index contributed by atoms with van der Waals surface area (Å²) in [5.41, 5.74) is 1.91. The molecule has 1 aliphatic rings. The van der Waals surface area contributed by atoms with Crippen LogP contribution in [0, 0.1) is 0 Å². The van der Waals surface area contributed by atoms with Crippen LogP contribution in [0.3, 0.4) is 0 Å². The molecule has 1 nitrogen and oxygen atoms in total. The summed E-state index contributed by atoms with van der Waals surface area (Å²) in [6.07, 6.45) is 3.87. The molecule has 1 fully saturated rings. The molecule has 0 heterocycles. The van der Waals surface area contributed by atoms with Crippen molar-refractivity contribution in [1.29, 1.82) is 0 Å². The van der Waals surface area contributed by atoms with E-state index in [0.29, 0.717) is 5.41 Å². The molecule has 1 aromatic carbocycles. The molecule has 82 valence electrons. The van der Waals surface area contributed by atoms with Gasteiger partial charge in [-0.3, -0.25) is 0 Å². The van der Waals surface area contributed by atoms with Crippen molar-refractivity contribution in [2.75, 3.05) is 13.1 Å². The molecule has 0 saturated heterocycles. The maximum atomic E-state index is 3.65. The maximum absolute atomic E-state index is 3.65. The number of halogens is 1. The van der Waals surface area contributed by atoms with Crippen molar-refractivity contribution in [1.82, 2.24) is 5.32 Å². The number of benzene rings is 1. The smallest absolute Gasteiger partial charge is 0.0213 e. The minimum absolute atomic E-state index is 0.426. The summed E-state index contributed by atoms with van der Waals surface area (Å²) in [4.78, 5) is 0. The fourth-order valence-corrected chi connectivity index (χ4v) is 2.79. The molecule has 2 rings (SSSR count). The molecule has 2 heteroatoms. The van der Waals surface area contributed by atoms with Gasteiger partial charge >= 0.3 is 0 Å². The zero-order chi connectivity index (χ0) is 10.7. The van der Waals surface area contributed by atoms with Gasteiger partial charge in [-0.15, -0.1) is 0 Å². The van der Waals surface area contributed by atoms with Crippen LogP contribution in [0.25, 0.3) is 0 Å². The van der Waals surface area contributed by atoms with E-state index in [1.165, 1.54) is 29.3 Å². The van der Waals surface area contributed by atoms with Crippen molar-refractivity contribution in [2.24, 2.45) is 0 Å². The van der Waals surface area contributed by atoms with Crippen molar-refractivity contribution >= 4 is 15.9 Å². The molecule has 1 saturated carbocycles. The van der Waals surface area contributed by atoms with Crippen LogP contribution in [0.5, 0.6) is 0 Å². The van der Waals surface area contributed by atoms with E-state index in [1.807, 2.05) is 0 Å². The molecule has 0 radical (unpaired) electrons. The Kier molecular flexibility index (Phi) is 3.47. The summed E-state index contributed by atoms with van der Waals surface area (Å²) < 4.78 is 1.26. The second-order valence-electron chi connectivity index (χ2n) is 4.44. The molecule has 15 heavy (non-hydrogen) atoms. The fourth-order valence-electron chi connectivity index (χ4n) is 2.09. The lowest BCUT2D eigenvalue weighted by Gasteiger charge is -2.17. The van der Waals surface area contributed by atoms with Crippen LogP contribution in [-0.2, 0) is 5.41 Å². The van der Waals surface area contributed by atoms with E-state index in [2.05, 4.69) is 52.4 Å². The Hall–Kier alpha value is -0.340. The highest BCUT2D eigenvalue weighted by Gasteiger charge is 2.44. The number of rotatable bonds is 5. The first kappa shape index (κ1) is 11.2. The standard InChI is InChI=1S/C13H18BrN/c1-2-9-15-10-13(7-8-13)11-5-3-4-6-12(11)14/h3-6,15H,2,7-10H2,1H3. The average molecular weight is 268 g/mol. The van der Waals surface area contributed by atoms with E-state index < -0.39 is 0 Å². The Morgan fingerprint density at radius 2 is 2.07 bits per heavy atom. The second kappa shape index (κ2) is 4.67. The summed E-state index contributed by atoms with van der Waals surface area (Å²) >= 11 is 3.65. The summed E-state index contributed by atoms with van der Waals surface area (Å²) in [5, 5.41) is 3.54. The van der Waals surface area contributed by atoms with Crippen molar-refractivity contribution in [3.63, 3.8) is 0 Å². The van der Waals surface area contributed by atoms with E-state index in [0.717, 1.165) is 13.1 Å². The van der Waals surface area contributed by atoms with Crippen LogP contribution in [0.4, 0.5) is 0 Å². The largest absolute Gasteiger partial charge is 0.316 e. The van der Waals surface area contributed by atoms with Gasteiger partial charge in [0, 0.05) is 16.4 Å². The highest BCUT2D eigenvalue weighted by Crippen LogP contribution is 2.49. The van der Waals surface area contributed by atoms with Crippen molar-refractivity contribution in [2.45, 2.75) is 31.6 Å². The third kappa shape index (κ3) is 2.43. The highest BCUT2D eigenvalue weighted by molar-refractivity contribution is 9.10. The quantitative estimate of drug-likeness (QED) is 0.806. The monoisotopic (exact) mass is 267 g/mol. The summed E-state index contributed by atoms with van der Waals surface area (Å²) in [7, 11) is 0. The Bertz CT molecular complexity index is 331. The zero-order valence-electron chi connectivity index (χ0n) is 9.22. The van der Waals surface area contributed by atoms with E-state index in [1.54, 1.807) is 0 Å². The number of nitrogens with one attached hydrogen (secondary N) is 1. The van der Waals surface area contributed by atoms with Crippen LogP contribution < -0.4 is 5.32 Å². The third-order valence-electron chi connectivity index (χ3n) is 3.19. The molecular weight excluding hydrogens is 250 g/mol. The van der Waals surface area contributed by atoms with E-state index in [9.17, 15) is 0 Å². The van der Waals surface area contributed by atoms with Crippen LogP contribution in [0.15, 0.2) is 28.7 Å². The van der Waals surface area contributed by atoms with E-state index >= 15 is 0 Å². The summed E-state index contributed by atoms with van der Waals surface area (Å²) in [6, 6.07) is 8.63. The van der Waals surface area contributed by atoms with Gasteiger partial charge in [-0.2, -0.15) is 0 Å². The van der Waals surface area contributed by atoms with Crippen LogP contribution >= 0.6 is 15.9 Å². The van der Waals surface area contributed by atoms with Crippen molar-refractivity contribution < 1.29 is 0 Å². The summed E-state index contributed by atoms with van der Waals surface area (Å²) in [6.45, 7) is 4.47. The van der Waals surface area contributed by atoms with Gasteiger partial charge in [0.05, 0.1) is 0 Å². The SMILES string of the molecule is CCCNCC1(c2ccccc2Br)CC1. The van der Waals surface area contributed by atoms with Crippen molar-refractivity contribution in [3.8, 4) is 0 Å². The lowest BCUT2D eigenvalue weighted by Crippen LogP contribution is -2.27. The Labute approximate surface area is 100 Å². The second-order valence-corrected chi connectivity index (χ2v) is 5.29. The third-order valence-corrected chi connectivity index (χ3v) is 3.88. The van der Waals surface area contributed by atoms with Gasteiger partial charge in [0.15, 0.2) is 0 Å². The maximum Gasteiger partial charge on any atom is 0.0213 e. The Morgan fingerprint density at radius 3 is 2.67 bits per heavy atom. The topological polar surface area (TPSA) is 12.0 Å². The van der Waals surface area contributed by atoms with Crippen LogP contribution in [0.2, 0.25) is 0 Å². The molecule has 1 N–H and O–H groups in total. The number of hydrogen-bond acceptors (Lipinski definition) is 1. The molecule has 0 aliphatic heterocycles. The van der Waals surface area contributed by atoms with Gasteiger partial charge < -0.3 is 5.32 Å². The zero-order valence-corrected chi connectivity index (χ0v) is 10.8. The lowest BCUT2D eigenvalue weighted by atomic mass is 9.96. The molecule has 1 aromatic rings. The normalized spacial score (nSPS) is 17.7. The molecule has 0 aromatic heterocycles. The molecule has 0 unspecified atom stereocenters. The minimum Gasteiger partial charge on any atom is -0.316 e. The molecule has 0 atom stereocenters. The predicted octanol–water partition coefficient (Wildman–Crippen LogP) is 3.48. The predicted molar refractivity (Wildman–Crippen MR) is 68.2 cm³/mol. The average Bonchev–Trinajstić information content (AvgIpc) is 3.00. The first-order valence-electron chi connectivity index (χ1n) is 5.74. The van der Waals surface area contributed by atoms with Crippen LogP contribution in [-0.4, -0.2) is 13.1 Å². The van der Waals surface area contributed by atoms with Gasteiger partial charge in [0.1, 0.15) is 0 Å².